The van der Waals surface area contributed by atoms with Gasteiger partial charge in [0.15, 0.2) is 0 Å². The van der Waals surface area contributed by atoms with Gasteiger partial charge >= 0.3 is 0 Å². The molecule has 3 N–H and O–H groups in total. The van der Waals surface area contributed by atoms with E-state index in [1.807, 2.05) is 30.3 Å². The molecule has 0 saturated heterocycles. The lowest BCUT2D eigenvalue weighted by atomic mass is 9.82. The first kappa shape index (κ1) is 17.2. The SMILES string of the molecule is N#CC1=C(N)Oc2n[nH]c(-c3ccc(Br)cc3)c2[C@H]1c1cc(F)ccc1F. The third kappa shape index (κ3) is 2.86. The van der Waals surface area contributed by atoms with Crippen molar-refractivity contribution in [3.8, 4) is 23.2 Å². The van der Waals surface area contributed by atoms with E-state index >= 15 is 0 Å². The van der Waals surface area contributed by atoms with E-state index in [0.29, 0.717) is 11.3 Å². The molecule has 0 unspecified atom stereocenters. The smallest absolute Gasteiger partial charge is 0.244 e. The molecule has 0 bridgehead atoms. The van der Waals surface area contributed by atoms with Crippen LogP contribution in [0.1, 0.15) is 17.0 Å². The van der Waals surface area contributed by atoms with Gasteiger partial charge in [0, 0.05) is 15.6 Å². The number of aromatic nitrogens is 2. The van der Waals surface area contributed by atoms with Crippen LogP contribution in [0.15, 0.2) is 58.4 Å². The topological polar surface area (TPSA) is 87.7 Å². The molecule has 8 heteroatoms. The van der Waals surface area contributed by atoms with Crippen LogP contribution in [-0.4, -0.2) is 10.2 Å². The number of ether oxygens (including phenoxy) is 1. The van der Waals surface area contributed by atoms with Crippen molar-refractivity contribution < 1.29 is 13.5 Å². The maximum absolute atomic E-state index is 14.6. The Bertz CT molecular complexity index is 1120. The number of fused-ring (bicyclic) bond motifs is 1. The molecule has 0 fully saturated rings. The van der Waals surface area contributed by atoms with E-state index in [0.717, 1.165) is 28.2 Å². The number of rotatable bonds is 2. The highest BCUT2D eigenvalue weighted by Gasteiger charge is 2.37. The van der Waals surface area contributed by atoms with E-state index in [1.165, 1.54) is 0 Å². The molecular weight excluding hydrogens is 418 g/mol. The van der Waals surface area contributed by atoms with Crippen LogP contribution < -0.4 is 10.5 Å². The number of nitrogens with zero attached hydrogens (tertiary/aromatic N) is 2. The number of nitrogens with one attached hydrogen (secondary N) is 1. The largest absolute Gasteiger partial charge is 0.420 e. The van der Waals surface area contributed by atoms with E-state index in [2.05, 4.69) is 26.1 Å². The summed E-state index contributed by atoms with van der Waals surface area (Å²) in [5.41, 5.74) is 7.53. The van der Waals surface area contributed by atoms with Crippen LogP contribution in [0.2, 0.25) is 0 Å². The molecule has 0 aliphatic carbocycles. The second-order valence-electron chi connectivity index (χ2n) is 5.91. The maximum Gasteiger partial charge on any atom is 0.244 e. The predicted molar refractivity (Wildman–Crippen MR) is 97.4 cm³/mol. The molecular formula is C19H11BrF2N4O. The van der Waals surface area contributed by atoms with E-state index < -0.39 is 17.6 Å². The Morgan fingerprint density at radius 1 is 1.19 bits per heavy atom. The van der Waals surface area contributed by atoms with Crippen LogP contribution in [0.25, 0.3) is 11.3 Å². The predicted octanol–water partition coefficient (Wildman–Crippen LogP) is 4.34. The fourth-order valence-corrected chi connectivity index (χ4v) is 3.39. The highest BCUT2D eigenvalue weighted by Crippen LogP contribution is 2.46. The number of nitriles is 1. The minimum atomic E-state index is -0.952. The summed E-state index contributed by atoms with van der Waals surface area (Å²) in [5, 5.41) is 16.6. The standard InChI is InChI=1S/C19H11BrF2N4O/c20-10-3-1-9(2-4-10)17-16-15(12-7-11(21)5-6-14(12)22)13(8-23)18(24)27-19(16)26-25-17/h1-7,15H,24H2,(H,25,26)/t15-/m0/s1. The lowest BCUT2D eigenvalue weighted by Gasteiger charge is -2.24. The van der Waals surface area contributed by atoms with Crippen LogP contribution in [0, 0.1) is 23.0 Å². The average molecular weight is 429 g/mol. The van der Waals surface area contributed by atoms with Crippen molar-refractivity contribution in [3.63, 3.8) is 0 Å². The number of aromatic amines is 1. The highest BCUT2D eigenvalue weighted by molar-refractivity contribution is 9.10. The van der Waals surface area contributed by atoms with Crippen molar-refractivity contribution in [2.45, 2.75) is 5.92 Å². The summed E-state index contributed by atoms with van der Waals surface area (Å²) < 4.78 is 34.7. The molecule has 0 amide bonds. The normalized spacial score (nSPS) is 15.9. The van der Waals surface area contributed by atoms with Crippen molar-refractivity contribution in [1.82, 2.24) is 10.2 Å². The van der Waals surface area contributed by atoms with Gasteiger partial charge in [-0.3, -0.25) is 5.10 Å². The minimum absolute atomic E-state index is 0.00763. The molecule has 5 nitrogen and oxygen atoms in total. The Morgan fingerprint density at radius 2 is 1.93 bits per heavy atom. The van der Waals surface area contributed by atoms with Crippen LogP contribution >= 0.6 is 15.9 Å². The molecule has 134 valence electrons. The first-order chi connectivity index (χ1) is 13.0. The Labute approximate surface area is 161 Å². The van der Waals surface area contributed by atoms with Gasteiger partial charge < -0.3 is 10.5 Å². The number of H-pyrrole nitrogens is 1. The third-order valence-electron chi connectivity index (χ3n) is 4.34. The first-order valence-corrected chi connectivity index (χ1v) is 8.65. The summed E-state index contributed by atoms with van der Waals surface area (Å²) in [4.78, 5) is 0. The molecule has 4 rings (SSSR count). The molecule has 3 aromatic rings. The van der Waals surface area contributed by atoms with Gasteiger partial charge in [-0.15, -0.1) is 5.10 Å². The van der Waals surface area contributed by atoms with Crippen LogP contribution in [0.3, 0.4) is 0 Å². The third-order valence-corrected chi connectivity index (χ3v) is 4.87. The summed E-state index contributed by atoms with van der Waals surface area (Å²) in [6.45, 7) is 0. The fourth-order valence-electron chi connectivity index (χ4n) is 3.13. The quantitative estimate of drug-likeness (QED) is 0.635. The average Bonchev–Trinajstić information content (AvgIpc) is 3.06. The van der Waals surface area contributed by atoms with Crippen molar-refractivity contribution in [1.29, 1.82) is 5.26 Å². The van der Waals surface area contributed by atoms with Gasteiger partial charge in [-0.1, -0.05) is 28.1 Å². The molecule has 1 aliphatic rings. The zero-order valence-electron chi connectivity index (χ0n) is 13.6. The van der Waals surface area contributed by atoms with Crippen molar-refractivity contribution in [3.05, 3.63) is 81.2 Å². The highest BCUT2D eigenvalue weighted by atomic mass is 79.9. The van der Waals surface area contributed by atoms with Crippen molar-refractivity contribution in [2.75, 3.05) is 0 Å². The summed E-state index contributed by atoms with van der Waals surface area (Å²) in [6.07, 6.45) is 0. The van der Waals surface area contributed by atoms with Gasteiger partial charge in [0.25, 0.3) is 0 Å². The zero-order chi connectivity index (χ0) is 19.1. The summed E-state index contributed by atoms with van der Waals surface area (Å²) in [6, 6.07) is 12.4. The van der Waals surface area contributed by atoms with Crippen molar-refractivity contribution in [2.24, 2.45) is 5.73 Å². The molecule has 2 heterocycles. The fraction of sp³-hybridized carbons (Fsp3) is 0.0526. The lowest BCUT2D eigenvalue weighted by Crippen LogP contribution is -2.21. The van der Waals surface area contributed by atoms with Crippen LogP contribution in [-0.2, 0) is 0 Å². The Kier molecular flexibility index (Phi) is 4.16. The Balaban J connectivity index is 1.98. The second kappa shape index (κ2) is 6.52. The van der Waals surface area contributed by atoms with E-state index in [9.17, 15) is 14.0 Å². The Morgan fingerprint density at radius 3 is 2.63 bits per heavy atom. The van der Waals surface area contributed by atoms with Gasteiger partial charge in [0.05, 0.1) is 17.2 Å². The zero-order valence-corrected chi connectivity index (χ0v) is 15.2. The summed E-state index contributed by atoms with van der Waals surface area (Å²) >= 11 is 3.37. The molecule has 0 spiro atoms. The van der Waals surface area contributed by atoms with Crippen molar-refractivity contribution >= 4 is 15.9 Å². The Hall–Kier alpha value is -3.18. The second-order valence-corrected chi connectivity index (χ2v) is 6.83. The molecule has 27 heavy (non-hydrogen) atoms. The summed E-state index contributed by atoms with van der Waals surface area (Å²) in [7, 11) is 0. The van der Waals surface area contributed by atoms with E-state index in [-0.39, 0.29) is 22.9 Å². The number of benzene rings is 2. The molecule has 0 saturated carbocycles. The molecule has 1 atom stereocenters. The van der Waals surface area contributed by atoms with Gasteiger partial charge in [-0.05, 0) is 30.3 Å². The maximum atomic E-state index is 14.6. The molecule has 1 aromatic heterocycles. The van der Waals surface area contributed by atoms with E-state index in [1.54, 1.807) is 0 Å². The van der Waals surface area contributed by atoms with Crippen LogP contribution in [0.5, 0.6) is 5.88 Å². The van der Waals surface area contributed by atoms with Gasteiger partial charge in [-0.25, -0.2) is 8.78 Å². The van der Waals surface area contributed by atoms with Gasteiger partial charge in [0.2, 0.25) is 11.8 Å². The number of allylic oxidation sites excluding steroid dienone is 1. The van der Waals surface area contributed by atoms with Crippen LogP contribution in [0.4, 0.5) is 8.78 Å². The van der Waals surface area contributed by atoms with Gasteiger partial charge in [0.1, 0.15) is 23.3 Å². The number of hydrogen-bond acceptors (Lipinski definition) is 4. The first-order valence-electron chi connectivity index (χ1n) is 7.86. The minimum Gasteiger partial charge on any atom is -0.420 e. The molecule has 1 aliphatic heterocycles. The lowest BCUT2D eigenvalue weighted by molar-refractivity contribution is 0.378. The number of hydrogen-bond donors (Lipinski definition) is 2. The molecule has 0 radical (unpaired) electrons. The number of halogens is 3. The number of nitrogens with two attached hydrogens (primary N) is 1. The molecule has 2 aromatic carbocycles. The monoisotopic (exact) mass is 428 g/mol. The van der Waals surface area contributed by atoms with Gasteiger partial charge in [-0.2, -0.15) is 5.26 Å². The summed E-state index contributed by atoms with van der Waals surface area (Å²) in [5.74, 6) is -2.29. The van der Waals surface area contributed by atoms with E-state index in [4.69, 9.17) is 10.5 Å².